The molecule has 1 fully saturated rings. The number of nitrogens with zero attached hydrogens (tertiary/aromatic N) is 7. The van der Waals surface area contributed by atoms with Crippen molar-refractivity contribution in [2.24, 2.45) is 5.73 Å². The minimum Gasteiger partial charge on any atom is -0.493 e. The number of primary amides is 1. The molecule has 0 atom stereocenters. The molecule has 1 amide bonds. The number of morpholine rings is 1. The summed E-state index contributed by atoms with van der Waals surface area (Å²) in [5.74, 6) is 0.975. The van der Waals surface area contributed by atoms with E-state index in [9.17, 15) is 9.90 Å². The number of ether oxygens (including phenoxy) is 2. The molecule has 1 aliphatic rings. The summed E-state index contributed by atoms with van der Waals surface area (Å²) in [7, 11) is 3.37. The summed E-state index contributed by atoms with van der Waals surface area (Å²) in [5.41, 5.74) is 6.71. The van der Waals surface area contributed by atoms with Crippen molar-refractivity contribution in [1.82, 2.24) is 24.9 Å². The van der Waals surface area contributed by atoms with Gasteiger partial charge in [0.15, 0.2) is 11.6 Å². The second-order valence-electron chi connectivity index (χ2n) is 8.11. The van der Waals surface area contributed by atoms with E-state index in [-0.39, 0.29) is 11.5 Å². The Morgan fingerprint density at radius 2 is 2.03 bits per heavy atom. The van der Waals surface area contributed by atoms with Gasteiger partial charge in [0.2, 0.25) is 17.7 Å². The average Bonchev–Trinajstić information content (AvgIpc) is 3.30. The minimum absolute atomic E-state index is 0.125. The Bertz CT molecular complexity index is 1410. The van der Waals surface area contributed by atoms with E-state index in [0.29, 0.717) is 31.5 Å². The van der Waals surface area contributed by atoms with Crippen molar-refractivity contribution in [3.8, 4) is 23.1 Å². The van der Waals surface area contributed by atoms with Crippen molar-refractivity contribution >= 4 is 39.2 Å². The summed E-state index contributed by atoms with van der Waals surface area (Å²) in [6, 6.07) is 5.68. The van der Waals surface area contributed by atoms with Gasteiger partial charge in [0.05, 0.1) is 37.1 Å². The van der Waals surface area contributed by atoms with E-state index in [1.165, 1.54) is 6.20 Å². The van der Waals surface area contributed by atoms with Gasteiger partial charge in [-0.2, -0.15) is 4.98 Å². The predicted molar refractivity (Wildman–Crippen MR) is 135 cm³/mol. The molecule has 13 heteroatoms. The van der Waals surface area contributed by atoms with Crippen LogP contribution >= 0.6 is 11.3 Å². The van der Waals surface area contributed by atoms with Crippen LogP contribution in [0.1, 0.15) is 15.2 Å². The number of carbonyl (C=O) groups is 1. The van der Waals surface area contributed by atoms with Crippen LogP contribution in [0.3, 0.4) is 0 Å². The van der Waals surface area contributed by atoms with Crippen LogP contribution < -0.4 is 20.3 Å². The third-order valence-corrected chi connectivity index (χ3v) is 6.78. The number of aromatic nitrogens is 5. The smallest absolute Gasteiger partial charge is 0.255 e. The molecule has 186 valence electrons. The molecule has 36 heavy (non-hydrogen) atoms. The number of pyridine rings is 1. The molecule has 0 aromatic carbocycles. The average molecular weight is 509 g/mol. The normalized spacial score (nSPS) is 13.7. The molecule has 12 nitrogen and oxygen atoms in total. The highest BCUT2D eigenvalue weighted by Gasteiger charge is 2.21. The van der Waals surface area contributed by atoms with Gasteiger partial charge < -0.3 is 30.1 Å². The Balaban J connectivity index is 1.50. The van der Waals surface area contributed by atoms with Crippen molar-refractivity contribution in [2.75, 3.05) is 50.3 Å². The zero-order chi connectivity index (χ0) is 25.2. The van der Waals surface area contributed by atoms with Gasteiger partial charge in [-0.25, -0.2) is 19.9 Å². The topological polar surface area (TPSA) is 153 Å². The van der Waals surface area contributed by atoms with Gasteiger partial charge in [0.25, 0.3) is 5.91 Å². The van der Waals surface area contributed by atoms with Crippen LogP contribution in [-0.2, 0) is 11.3 Å². The van der Waals surface area contributed by atoms with Crippen LogP contribution in [-0.4, -0.2) is 76.4 Å². The molecule has 0 unspecified atom stereocenters. The van der Waals surface area contributed by atoms with E-state index >= 15 is 0 Å². The molecule has 1 aliphatic heterocycles. The molecule has 5 heterocycles. The molecular weight excluding hydrogens is 484 g/mol. The van der Waals surface area contributed by atoms with E-state index < -0.39 is 11.8 Å². The van der Waals surface area contributed by atoms with E-state index in [2.05, 4.69) is 19.9 Å². The van der Waals surface area contributed by atoms with Gasteiger partial charge in [-0.05, 0) is 12.1 Å². The summed E-state index contributed by atoms with van der Waals surface area (Å²) in [4.78, 5) is 38.5. The molecule has 0 radical (unpaired) electrons. The first kappa shape index (κ1) is 23.6. The van der Waals surface area contributed by atoms with Crippen molar-refractivity contribution in [3.05, 3.63) is 41.0 Å². The number of methoxy groups -OCH3 is 1. The second kappa shape index (κ2) is 9.87. The van der Waals surface area contributed by atoms with Gasteiger partial charge in [-0.3, -0.25) is 4.79 Å². The number of fused-ring (bicyclic) bond motifs is 1. The van der Waals surface area contributed by atoms with Crippen LogP contribution in [0.25, 0.3) is 21.6 Å². The first-order valence-corrected chi connectivity index (χ1v) is 11.9. The fourth-order valence-corrected chi connectivity index (χ4v) is 4.99. The molecule has 3 N–H and O–H groups in total. The number of rotatable bonds is 7. The lowest BCUT2D eigenvalue weighted by Crippen LogP contribution is -2.36. The predicted octanol–water partition coefficient (Wildman–Crippen LogP) is 1.83. The Labute approximate surface area is 210 Å². The van der Waals surface area contributed by atoms with Gasteiger partial charge in [0.1, 0.15) is 5.56 Å². The number of thiophene rings is 1. The number of hydrogen-bond donors (Lipinski definition) is 2. The molecule has 4 aromatic heterocycles. The summed E-state index contributed by atoms with van der Waals surface area (Å²) in [5, 5.41) is 10.0. The molecule has 0 bridgehead atoms. The fraction of sp³-hybridized carbons (Fsp3) is 0.304. The Hall–Kier alpha value is -4.10. The zero-order valence-corrected chi connectivity index (χ0v) is 20.5. The number of anilines is 2. The van der Waals surface area contributed by atoms with E-state index in [1.54, 1.807) is 42.7 Å². The lowest BCUT2D eigenvalue weighted by atomic mass is 10.2. The van der Waals surface area contributed by atoms with Crippen LogP contribution in [0, 0.1) is 0 Å². The van der Waals surface area contributed by atoms with E-state index in [4.69, 9.17) is 25.2 Å². The maximum Gasteiger partial charge on any atom is 0.255 e. The van der Waals surface area contributed by atoms with Crippen LogP contribution in [0.15, 0.2) is 30.6 Å². The van der Waals surface area contributed by atoms with Crippen molar-refractivity contribution in [2.45, 2.75) is 6.54 Å². The van der Waals surface area contributed by atoms with Crippen molar-refractivity contribution < 1.29 is 19.4 Å². The Morgan fingerprint density at radius 3 is 2.69 bits per heavy atom. The lowest BCUT2D eigenvalue weighted by Gasteiger charge is -2.28. The second-order valence-corrected chi connectivity index (χ2v) is 9.25. The molecular formula is C23H24N8O4S. The van der Waals surface area contributed by atoms with E-state index in [0.717, 1.165) is 39.6 Å². The number of amides is 1. The quantitative estimate of drug-likeness (QED) is 0.376. The third-order valence-electron chi connectivity index (χ3n) is 5.67. The number of carbonyl (C=O) groups excluding carboxylic acids is 1. The number of nitrogens with two attached hydrogens (primary N) is 1. The van der Waals surface area contributed by atoms with Gasteiger partial charge in [-0.15, -0.1) is 11.3 Å². The highest BCUT2D eigenvalue weighted by atomic mass is 32.1. The maximum absolute atomic E-state index is 11.4. The molecule has 1 saturated heterocycles. The van der Waals surface area contributed by atoms with Gasteiger partial charge >= 0.3 is 0 Å². The molecule has 5 rings (SSSR count). The van der Waals surface area contributed by atoms with Crippen LogP contribution in [0.5, 0.6) is 11.8 Å². The number of hydrogen-bond acceptors (Lipinski definition) is 12. The SMILES string of the molecule is COc1ccc(-c2nc(N3CCOCC3)c3sc(CN(C)c4ncc(C(N)=O)c(O)n4)cc3n2)cn1. The first-order chi connectivity index (χ1) is 17.4. The summed E-state index contributed by atoms with van der Waals surface area (Å²) >= 11 is 1.59. The van der Waals surface area contributed by atoms with Crippen LogP contribution in [0.4, 0.5) is 11.8 Å². The standard InChI is InChI=1S/C23H24N8O4S/c1-30(23-26-11-15(19(24)32)22(33)29-23)12-14-9-16-18(36-14)21(31-5-7-35-8-6-31)28-20(27-16)13-3-4-17(34-2)25-10-13/h3-4,9-11H,5-8,12H2,1-2H3,(H2,24,32)(H,26,29,33). The van der Waals surface area contributed by atoms with Gasteiger partial charge in [-0.1, -0.05) is 0 Å². The Kier molecular flexibility index (Phi) is 6.48. The fourth-order valence-electron chi connectivity index (χ4n) is 3.82. The molecule has 0 saturated carbocycles. The highest BCUT2D eigenvalue weighted by molar-refractivity contribution is 7.19. The van der Waals surface area contributed by atoms with E-state index in [1.807, 2.05) is 12.1 Å². The molecule has 0 spiro atoms. The zero-order valence-electron chi connectivity index (χ0n) is 19.7. The molecule has 0 aliphatic carbocycles. The van der Waals surface area contributed by atoms with Gasteiger partial charge in [0, 0.05) is 49.0 Å². The first-order valence-electron chi connectivity index (χ1n) is 11.1. The summed E-state index contributed by atoms with van der Waals surface area (Å²) in [6.07, 6.45) is 2.92. The minimum atomic E-state index is -0.789. The summed E-state index contributed by atoms with van der Waals surface area (Å²) in [6.45, 7) is 3.19. The summed E-state index contributed by atoms with van der Waals surface area (Å²) < 4.78 is 11.7. The third kappa shape index (κ3) is 4.70. The van der Waals surface area contributed by atoms with Crippen molar-refractivity contribution in [1.29, 1.82) is 0 Å². The molecule has 4 aromatic rings. The highest BCUT2D eigenvalue weighted by Crippen LogP contribution is 2.35. The Morgan fingerprint density at radius 1 is 1.22 bits per heavy atom. The van der Waals surface area contributed by atoms with Crippen LogP contribution in [0.2, 0.25) is 0 Å². The lowest BCUT2D eigenvalue weighted by molar-refractivity contribution is 0.0996. The largest absolute Gasteiger partial charge is 0.493 e. The van der Waals surface area contributed by atoms with Crippen molar-refractivity contribution in [3.63, 3.8) is 0 Å². The monoisotopic (exact) mass is 508 g/mol. The number of aromatic hydroxyl groups is 1. The maximum atomic E-state index is 11.4.